The molecule has 1 heterocycles. The summed E-state index contributed by atoms with van der Waals surface area (Å²) in [6.07, 6.45) is 14.0. The minimum absolute atomic E-state index is 0.354. The van der Waals surface area contributed by atoms with Crippen molar-refractivity contribution < 1.29 is 5.11 Å². The highest BCUT2D eigenvalue weighted by Crippen LogP contribution is 2.65. The number of tetrazole rings is 1. The maximum Gasteiger partial charge on any atom is 0.171 e. The van der Waals surface area contributed by atoms with Crippen molar-refractivity contribution in [1.82, 2.24) is 20.2 Å². The molecule has 1 N–H and O–H groups in total. The maximum atomic E-state index is 11.1. The first kappa shape index (κ1) is 21.9. The van der Waals surface area contributed by atoms with Crippen LogP contribution in [0.15, 0.2) is 0 Å². The second-order valence-electron chi connectivity index (χ2n) is 12.2. The van der Waals surface area contributed by atoms with Crippen LogP contribution in [-0.4, -0.2) is 30.9 Å². The molecule has 4 aliphatic rings. The van der Waals surface area contributed by atoms with Gasteiger partial charge < -0.3 is 5.11 Å². The fraction of sp³-hybridized carbons (Fsp3) is 0.962. The Bertz CT molecular complexity index is 779. The molecule has 0 bridgehead atoms. The second kappa shape index (κ2) is 8.11. The zero-order valence-electron chi connectivity index (χ0n) is 20.3. The largest absolute Gasteiger partial charge is 0.390 e. The van der Waals surface area contributed by atoms with Crippen LogP contribution in [0.25, 0.3) is 0 Å². The monoisotopic (exact) mass is 428 g/mol. The molecule has 0 radical (unpaired) electrons. The van der Waals surface area contributed by atoms with Gasteiger partial charge in [-0.25, -0.2) is 0 Å². The minimum Gasteiger partial charge on any atom is -0.390 e. The Labute approximate surface area is 188 Å². The van der Waals surface area contributed by atoms with Crippen molar-refractivity contribution in [1.29, 1.82) is 0 Å². The fourth-order valence-electron chi connectivity index (χ4n) is 9.42. The van der Waals surface area contributed by atoms with Crippen LogP contribution in [0.1, 0.15) is 97.2 Å². The van der Waals surface area contributed by atoms with Crippen molar-refractivity contribution in [2.75, 3.05) is 0 Å². The first-order chi connectivity index (χ1) is 14.8. The number of aromatic nitrogens is 4. The lowest BCUT2D eigenvalue weighted by Gasteiger charge is -2.57. The molecule has 4 saturated carbocycles. The Balaban J connectivity index is 1.28. The SMILES string of the molecule is CCC[C@@]1(O)CC[C@H]2[C@H](CC[C@@H]3[C@@H]2CC[C@]2(C)C([C@@H](C)Cn4nnc(C)n4)CC[C@@H]32)C1. The molecular weight excluding hydrogens is 384 g/mol. The summed E-state index contributed by atoms with van der Waals surface area (Å²) >= 11 is 0. The van der Waals surface area contributed by atoms with Gasteiger partial charge in [0.05, 0.1) is 12.1 Å². The van der Waals surface area contributed by atoms with E-state index in [1.165, 1.54) is 44.9 Å². The van der Waals surface area contributed by atoms with Gasteiger partial charge >= 0.3 is 0 Å². The first-order valence-electron chi connectivity index (χ1n) is 13.3. The van der Waals surface area contributed by atoms with Crippen LogP contribution >= 0.6 is 0 Å². The smallest absolute Gasteiger partial charge is 0.171 e. The third-order valence-corrected chi connectivity index (χ3v) is 10.6. The summed E-state index contributed by atoms with van der Waals surface area (Å²) in [5.74, 6) is 6.60. The van der Waals surface area contributed by atoms with Crippen LogP contribution in [0.3, 0.4) is 0 Å². The van der Waals surface area contributed by atoms with Crippen LogP contribution in [0.2, 0.25) is 0 Å². The highest BCUT2D eigenvalue weighted by molar-refractivity contribution is 5.07. The summed E-state index contributed by atoms with van der Waals surface area (Å²) in [4.78, 5) is 1.83. The number of hydrogen-bond acceptors (Lipinski definition) is 4. The zero-order chi connectivity index (χ0) is 21.8. The predicted octanol–water partition coefficient (Wildman–Crippen LogP) is 5.42. The van der Waals surface area contributed by atoms with Gasteiger partial charge in [-0.1, -0.05) is 27.2 Å². The van der Waals surface area contributed by atoms with E-state index in [2.05, 4.69) is 36.2 Å². The molecule has 1 aromatic rings. The average molecular weight is 429 g/mol. The number of aryl methyl sites for hydroxylation is 1. The standard InChI is InChI=1S/C26H44N4O/c1-5-12-26(31)14-11-20-19(15-26)6-7-22-21(20)10-13-25(4)23(8-9-24(22)25)17(2)16-30-28-18(3)27-29-30/h17,19-24,31H,5-16H2,1-4H3/t17-,19+,20-,21+,22+,23?,24-,25+,26+/m0/s1. The number of fused-ring (bicyclic) bond motifs is 5. The summed E-state index contributed by atoms with van der Waals surface area (Å²) in [6.45, 7) is 10.1. The third kappa shape index (κ3) is 3.77. The second-order valence-corrected chi connectivity index (χ2v) is 12.2. The lowest BCUT2D eigenvalue weighted by atomic mass is 9.48. The van der Waals surface area contributed by atoms with E-state index in [1.807, 2.05) is 11.7 Å². The van der Waals surface area contributed by atoms with Crippen LogP contribution in [0.5, 0.6) is 0 Å². The molecule has 174 valence electrons. The molecule has 1 unspecified atom stereocenters. The van der Waals surface area contributed by atoms with E-state index in [-0.39, 0.29) is 5.60 Å². The van der Waals surface area contributed by atoms with Gasteiger partial charge in [-0.05, 0) is 123 Å². The highest BCUT2D eigenvalue weighted by Gasteiger charge is 2.58. The van der Waals surface area contributed by atoms with Gasteiger partial charge in [0.1, 0.15) is 0 Å². The summed E-state index contributed by atoms with van der Waals surface area (Å²) < 4.78 is 0. The molecule has 31 heavy (non-hydrogen) atoms. The number of rotatable bonds is 5. The summed E-state index contributed by atoms with van der Waals surface area (Å²) in [6, 6.07) is 0. The summed E-state index contributed by atoms with van der Waals surface area (Å²) in [5, 5.41) is 23.9. The van der Waals surface area contributed by atoms with E-state index < -0.39 is 0 Å². The number of aliphatic hydroxyl groups is 1. The quantitative estimate of drug-likeness (QED) is 0.680. The Kier molecular flexibility index (Phi) is 5.72. The Morgan fingerprint density at radius 3 is 2.61 bits per heavy atom. The minimum atomic E-state index is -0.354. The molecule has 1 aromatic heterocycles. The lowest BCUT2D eigenvalue weighted by molar-refractivity contribution is -0.110. The van der Waals surface area contributed by atoms with Gasteiger partial charge in [0.15, 0.2) is 5.82 Å². The van der Waals surface area contributed by atoms with Crippen LogP contribution in [0, 0.1) is 53.8 Å². The molecule has 0 spiro atoms. The highest BCUT2D eigenvalue weighted by atomic mass is 16.3. The topological polar surface area (TPSA) is 63.8 Å². The molecule has 0 aliphatic heterocycles. The molecule has 4 aliphatic carbocycles. The normalized spacial score (nSPS) is 45.6. The molecule has 0 amide bonds. The molecule has 4 fully saturated rings. The molecule has 5 nitrogen and oxygen atoms in total. The molecule has 5 heteroatoms. The lowest BCUT2D eigenvalue weighted by Crippen LogP contribution is -2.51. The summed E-state index contributed by atoms with van der Waals surface area (Å²) in [7, 11) is 0. The first-order valence-corrected chi connectivity index (χ1v) is 13.3. The predicted molar refractivity (Wildman–Crippen MR) is 122 cm³/mol. The molecule has 0 saturated heterocycles. The van der Waals surface area contributed by atoms with E-state index in [9.17, 15) is 5.11 Å². The Hall–Kier alpha value is -0.970. The summed E-state index contributed by atoms with van der Waals surface area (Å²) in [5.41, 5.74) is 0.133. The van der Waals surface area contributed by atoms with Gasteiger partial charge in [0, 0.05) is 0 Å². The van der Waals surface area contributed by atoms with Crippen molar-refractivity contribution in [2.24, 2.45) is 46.8 Å². The van der Waals surface area contributed by atoms with E-state index >= 15 is 0 Å². The Morgan fingerprint density at radius 1 is 1.06 bits per heavy atom. The van der Waals surface area contributed by atoms with Gasteiger partial charge in [0.25, 0.3) is 0 Å². The van der Waals surface area contributed by atoms with Crippen LogP contribution in [0.4, 0.5) is 0 Å². The van der Waals surface area contributed by atoms with Gasteiger partial charge in [-0.2, -0.15) is 4.80 Å². The van der Waals surface area contributed by atoms with Crippen molar-refractivity contribution in [2.45, 2.75) is 110 Å². The van der Waals surface area contributed by atoms with Crippen molar-refractivity contribution in [3.8, 4) is 0 Å². The fourth-order valence-corrected chi connectivity index (χ4v) is 9.42. The van der Waals surface area contributed by atoms with Crippen molar-refractivity contribution in [3.63, 3.8) is 0 Å². The zero-order valence-corrected chi connectivity index (χ0v) is 20.3. The molecule has 0 aromatic carbocycles. The van der Waals surface area contributed by atoms with Gasteiger partial charge in [0.2, 0.25) is 0 Å². The van der Waals surface area contributed by atoms with Crippen molar-refractivity contribution in [3.05, 3.63) is 5.82 Å². The van der Waals surface area contributed by atoms with E-state index in [0.717, 1.165) is 73.6 Å². The van der Waals surface area contributed by atoms with E-state index in [1.54, 1.807) is 0 Å². The molecule has 5 rings (SSSR count). The number of nitrogens with zero attached hydrogens (tertiary/aromatic N) is 4. The third-order valence-electron chi connectivity index (χ3n) is 10.6. The van der Waals surface area contributed by atoms with Gasteiger partial charge in [-0.3, -0.25) is 0 Å². The van der Waals surface area contributed by atoms with Crippen LogP contribution in [-0.2, 0) is 6.54 Å². The average Bonchev–Trinajstić information content (AvgIpc) is 3.29. The van der Waals surface area contributed by atoms with E-state index in [0.29, 0.717) is 11.3 Å². The van der Waals surface area contributed by atoms with Crippen LogP contribution < -0.4 is 0 Å². The molecule has 9 atom stereocenters. The van der Waals surface area contributed by atoms with Crippen molar-refractivity contribution >= 4 is 0 Å². The Morgan fingerprint density at radius 2 is 1.87 bits per heavy atom. The molecular formula is C26H44N4O. The van der Waals surface area contributed by atoms with Gasteiger partial charge in [-0.15, -0.1) is 10.2 Å². The van der Waals surface area contributed by atoms with E-state index in [4.69, 9.17) is 0 Å². The maximum absolute atomic E-state index is 11.1. The number of hydrogen-bond donors (Lipinski definition) is 1.